The van der Waals surface area contributed by atoms with Crippen molar-refractivity contribution in [3.63, 3.8) is 0 Å². The summed E-state index contributed by atoms with van der Waals surface area (Å²) in [4.78, 5) is 14.0. The Morgan fingerprint density at radius 3 is 2.95 bits per heavy atom. The molecule has 5 nitrogen and oxygen atoms in total. The summed E-state index contributed by atoms with van der Waals surface area (Å²) < 4.78 is 5.44. The highest BCUT2D eigenvalue weighted by Crippen LogP contribution is 2.15. The predicted octanol–water partition coefficient (Wildman–Crippen LogP) is 0.557. The number of aliphatic hydroxyl groups excluding tert-OH is 1. The minimum atomic E-state index is -0.550. The summed E-state index contributed by atoms with van der Waals surface area (Å²) in [6.45, 7) is 2.50. The third kappa shape index (κ3) is 4.30. The fraction of sp³-hybridized carbons (Fsp3) is 0.533. The molecule has 2 rings (SSSR count). The van der Waals surface area contributed by atoms with E-state index < -0.39 is 12.2 Å². The van der Waals surface area contributed by atoms with Crippen LogP contribution in [0.4, 0.5) is 0 Å². The number of morpholine rings is 1. The number of carbonyl (C=O) groups excluding carboxylic acids is 1. The first-order valence-electron chi connectivity index (χ1n) is 6.97. The number of aliphatic hydroxyl groups is 1. The molecule has 20 heavy (non-hydrogen) atoms. The number of carbonyl (C=O) groups is 1. The topological polar surface area (TPSA) is 61.8 Å². The monoisotopic (exact) mass is 278 g/mol. The number of rotatable bonds is 5. The molecule has 0 aliphatic carbocycles. The molecule has 0 radical (unpaired) electrons. The van der Waals surface area contributed by atoms with Gasteiger partial charge >= 0.3 is 0 Å². The zero-order chi connectivity index (χ0) is 14.4. The van der Waals surface area contributed by atoms with Crippen molar-refractivity contribution in [2.24, 2.45) is 0 Å². The summed E-state index contributed by atoms with van der Waals surface area (Å²) >= 11 is 0. The molecule has 110 valence electrons. The van der Waals surface area contributed by atoms with Crippen LogP contribution in [0.15, 0.2) is 30.3 Å². The van der Waals surface area contributed by atoms with E-state index in [-0.39, 0.29) is 5.91 Å². The molecule has 1 aromatic rings. The van der Waals surface area contributed by atoms with Gasteiger partial charge in [0.15, 0.2) is 0 Å². The lowest BCUT2D eigenvalue weighted by molar-refractivity contribution is -0.137. The van der Waals surface area contributed by atoms with Crippen molar-refractivity contribution >= 4 is 5.91 Å². The first kappa shape index (κ1) is 15.0. The van der Waals surface area contributed by atoms with E-state index in [2.05, 4.69) is 10.2 Å². The Balaban J connectivity index is 1.71. The largest absolute Gasteiger partial charge is 0.388 e. The third-order valence-corrected chi connectivity index (χ3v) is 3.46. The minimum absolute atomic E-state index is 0.100. The molecule has 1 aliphatic rings. The average Bonchev–Trinajstić information content (AvgIpc) is 2.48. The highest BCUT2D eigenvalue weighted by molar-refractivity contribution is 5.81. The Labute approximate surface area is 119 Å². The van der Waals surface area contributed by atoms with E-state index in [0.29, 0.717) is 26.1 Å². The summed E-state index contributed by atoms with van der Waals surface area (Å²) in [5.74, 6) is -0.100. The molecular formula is C15H22N2O3. The Morgan fingerprint density at radius 1 is 1.50 bits per heavy atom. The summed E-state index contributed by atoms with van der Waals surface area (Å²) in [6.07, 6.45) is -0.452. The third-order valence-electron chi connectivity index (χ3n) is 3.46. The van der Waals surface area contributed by atoms with Crippen molar-refractivity contribution in [1.82, 2.24) is 10.2 Å². The molecule has 0 spiro atoms. The number of hydrogen-bond donors (Lipinski definition) is 2. The predicted molar refractivity (Wildman–Crippen MR) is 76.3 cm³/mol. The number of nitrogens with zero attached hydrogens (tertiary/aromatic N) is 1. The summed E-state index contributed by atoms with van der Waals surface area (Å²) in [5, 5.41) is 12.8. The Morgan fingerprint density at radius 2 is 2.25 bits per heavy atom. The smallest absolute Gasteiger partial charge is 0.250 e. The summed E-state index contributed by atoms with van der Waals surface area (Å²) in [5.41, 5.74) is 0.871. The van der Waals surface area contributed by atoms with E-state index in [1.165, 1.54) is 0 Å². The van der Waals surface area contributed by atoms with Crippen LogP contribution in [0.2, 0.25) is 0 Å². The first-order chi connectivity index (χ1) is 9.66. The van der Waals surface area contributed by atoms with Gasteiger partial charge in [0.25, 0.3) is 0 Å². The van der Waals surface area contributed by atoms with Gasteiger partial charge in [0.05, 0.1) is 12.7 Å². The van der Waals surface area contributed by atoms with E-state index in [1.54, 1.807) is 0 Å². The van der Waals surface area contributed by atoms with Crippen molar-refractivity contribution in [2.45, 2.75) is 18.6 Å². The molecule has 2 N–H and O–H groups in total. The second-order valence-corrected chi connectivity index (χ2v) is 5.13. The number of hydrogen-bond acceptors (Lipinski definition) is 4. The molecule has 1 aromatic carbocycles. The van der Waals surface area contributed by atoms with Crippen LogP contribution >= 0.6 is 0 Å². The molecule has 1 saturated heterocycles. The van der Waals surface area contributed by atoms with E-state index in [1.807, 2.05) is 37.4 Å². The zero-order valence-electron chi connectivity index (χ0n) is 11.8. The summed E-state index contributed by atoms with van der Waals surface area (Å²) in [7, 11) is 1.97. The average molecular weight is 278 g/mol. The van der Waals surface area contributed by atoms with Gasteiger partial charge in [-0.05, 0) is 19.0 Å². The SMILES string of the molecule is CN1CCOC(C(=O)NCCC(O)c2ccccc2)C1. The highest BCUT2D eigenvalue weighted by Gasteiger charge is 2.24. The molecule has 1 fully saturated rings. The van der Waals surface area contributed by atoms with Crippen molar-refractivity contribution in [2.75, 3.05) is 33.3 Å². The van der Waals surface area contributed by atoms with E-state index in [9.17, 15) is 9.90 Å². The minimum Gasteiger partial charge on any atom is -0.388 e. The number of amides is 1. The van der Waals surface area contributed by atoms with Gasteiger partial charge in [-0.2, -0.15) is 0 Å². The lowest BCUT2D eigenvalue weighted by atomic mass is 10.1. The Bertz CT molecular complexity index is 424. The molecule has 1 amide bonds. The quantitative estimate of drug-likeness (QED) is 0.826. The van der Waals surface area contributed by atoms with Gasteiger partial charge in [-0.1, -0.05) is 30.3 Å². The van der Waals surface area contributed by atoms with Gasteiger partial charge in [0.1, 0.15) is 6.10 Å². The number of nitrogens with one attached hydrogen (secondary N) is 1. The maximum absolute atomic E-state index is 11.9. The lowest BCUT2D eigenvalue weighted by Gasteiger charge is -2.29. The van der Waals surface area contributed by atoms with Crippen LogP contribution in [0.5, 0.6) is 0 Å². The van der Waals surface area contributed by atoms with Crippen LogP contribution in [-0.4, -0.2) is 55.3 Å². The second-order valence-electron chi connectivity index (χ2n) is 5.13. The molecule has 2 atom stereocenters. The second kappa shape index (κ2) is 7.38. The van der Waals surface area contributed by atoms with Crippen LogP contribution in [0.1, 0.15) is 18.1 Å². The molecule has 1 heterocycles. The van der Waals surface area contributed by atoms with Crippen LogP contribution in [0.3, 0.4) is 0 Å². The standard InChI is InChI=1S/C15H22N2O3/c1-17-9-10-20-14(11-17)15(19)16-8-7-13(18)12-5-3-2-4-6-12/h2-6,13-14,18H,7-11H2,1H3,(H,16,19). The van der Waals surface area contributed by atoms with Gasteiger partial charge in [-0.25, -0.2) is 0 Å². The van der Waals surface area contributed by atoms with E-state index >= 15 is 0 Å². The van der Waals surface area contributed by atoms with Crippen LogP contribution in [0, 0.1) is 0 Å². The fourth-order valence-electron chi connectivity index (χ4n) is 2.22. The van der Waals surface area contributed by atoms with Gasteiger partial charge in [0.2, 0.25) is 5.91 Å². The zero-order valence-corrected chi connectivity index (χ0v) is 11.8. The lowest BCUT2D eigenvalue weighted by Crippen LogP contribution is -2.48. The Hall–Kier alpha value is -1.43. The molecule has 2 unspecified atom stereocenters. The molecular weight excluding hydrogens is 256 g/mol. The van der Waals surface area contributed by atoms with Crippen LogP contribution < -0.4 is 5.32 Å². The molecule has 5 heteroatoms. The normalized spacial score (nSPS) is 21.4. The molecule has 1 aliphatic heterocycles. The maximum atomic E-state index is 11.9. The fourth-order valence-corrected chi connectivity index (χ4v) is 2.22. The molecule has 0 saturated carbocycles. The van der Waals surface area contributed by atoms with Crippen LogP contribution in [-0.2, 0) is 9.53 Å². The van der Waals surface area contributed by atoms with E-state index in [4.69, 9.17) is 4.74 Å². The number of ether oxygens (including phenoxy) is 1. The molecule has 0 aromatic heterocycles. The van der Waals surface area contributed by atoms with Crippen LogP contribution in [0.25, 0.3) is 0 Å². The van der Waals surface area contributed by atoms with Crippen molar-refractivity contribution in [3.05, 3.63) is 35.9 Å². The van der Waals surface area contributed by atoms with Crippen molar-refractivity contribution < 1.29 is 14.6 Å². The van der Waals surface area contributed by atoms with E-state index in [0.717, 1.165) is 12.1 Å². The van der Waals surface area contributed by atoms with Gasteiger partial charge < -0.3 is 20.1 Å². The summed E-state index contributed by atoms with van der Waals surface area (Å²) in [6, 6.07) is 9.46. The van der Waals surface area contributed by atoms with Crippen molar-refractivity contribution in [1.29, 1.82) is 0 Å². The number of benzene rings is 1. The Kier molecular flexibility index (Phi) is 5.52. The number of likely N-dealkylation sites (N-methyl/N-ethyl adjacent to an activating group) is 1. The first-order valence-corrected chi connectivity index (χ1v) is 6.97. The van der Waals surface area contributed by atoms with Gasteiger partial charge in [0, 0.05) is 19.6 Å². The van der Waals surface area contributed by atoms with Gasteiger partial charge in [-0.15, -0.1) is 0 Å². The van der Waals surface area contributed by atoms with Crippen molar-refractivity contribution in [3.8, 4) is 0 Å². The highest BCUT2D eigenvalue weighted by atomic mass is 16.5. The molecule has 0 bridgehead atoms. The maximum Gasteiger partial charge on any atom is 0.250 e. The van der Waals surface area contributed by atoms with Gasteiger partial charge in [-0.3, -0.25) is 4.79 Å².